The lowest BCUT2D eigenvalue weighted by Gasteiger charge is -2.16. The highest BCUT2D eigenvalue weighted by atomic mass is 19.1. The number of amides is 1. The monoisotopic (exact) mass is 293 g/mol. The summed E-state index contributed by atoms with van der Waals surface area (Å²) in [6, 6.07) is 3.80. The van der Waals surface area contributed by atoms with E-state index in [2.05, 4.69) is 5.32 Å². The van der Waals surface area contributed by atoms with Crippen LogP contribution in [0.4, 0.5) is 10.1 Å². The van der Waals surface area contributed by atoms with Gasteiger partial charge in [-0.2, -0.15) is 0 Å². The van der Waals surface area contributed by atoms with E-state index in [-0.39, 0.29) is 30.3 Å². The number of rotatable bonds is 2. The van der Waals surface area contributed by atoms with Crippen LogP contribution in [0.3, 0.4) is 0 Å². The van der Waals surface area contributed by atoms with Gasteiger partial charge in [-0.3, -0.25) is 4.79 Å². The summed E-state index contributed by atoms with van der Waals surface area (Å²) >= 11 is 0. The maximum absolute atomic E-state index is 13.3. The van der Waals surface area contributed by atoms with Crippen molar-refractivity contribution in [2.24, 2.45) is 5.73 Å². The van der Waals surface area contributed by atoms with Crippen LogP contribution in [0.1, 0.15) is 17.3 Å². The molecule has 1 aliphatic heterocycles. The first-order chi connectivity index (χ1) is 9.93. The Bertz CT molecular complexity index is 628. The molecule has 112 valence electrons. The number of anilines is 1. The number of esters is 1. The molecule has 2 rings (SSSR count). The topological polar surface area (TPSA) is 84.7 Å². The molecule has 0 spiro atoms. The molecular weight excluding hydrogens is 277 g/mol. The second kappa shape index (κ2) is 5.82. The lowest BCUT2D eigenvalue weighted by Crippen LogP contribution is -2.30. The summed E-state index contributed by atoms with van der Waals surface area (Å²) in [5, 5.41) is 2.91. The van der Waals surface area contributed by atoms with E-state index in [9.17, 15) is 14.0 Å². The van der Waals surface area contributed by atoms with Crippen LogP contribution in [0.25, 0.3) is 0 Å². The van der Waals surface area contributed by atoms with Crippen molar-refractivity contribution >= 4 is 17.6 Å². The van der Waals surface area contributed by atoms with Crippen LogP contribution in [-0.4, -0.2) is 37.0 Å². The Hall–Kier alpha value is -2.57. The molecule has 1 aromatic carbocycles. The van der Waals surface area contributed by atoms with Crippen LogP contribution in [0.5, 0.6) is 0 Å². The normalized spacial score (nSPS) is 16.7. The molecule has 0 unspecified atom stereocenters. The molecule has 21 heavy (non-hydrogen) atoms. The molecule has 6 nitrogen and oxygen atoms in total. The fourth-order valence-corrected chi connectivity index (χ4v) is 2.00. The molecule has 0 fully saturated rings. The third-order valence-electron chi connectivity index (χ3n) is 3.06. The number of halogens is 1. The Balaban J connectivity index is 2.46. The zero-order valence-corrected chi connectivity index (χ0v) is 11.8. The Morgan fingerprint density at radius 1 is 1.52 bits per heavy atom. The SMILES string of the molecule is CCOC(=O)/C(N)=C1\CN(C)C(=O)c2cc(F)ccc2N1. The summed E-state index contributed by atoms with van der Waals surface area (Å²) in [6.45, 7) is 1.97. The molecule has 0 saturated carbocycles. The molecule has 0 atom stereocenters. The van der Waals surface area contributed by atoms with Crippen LogP contribution in [0.2, 0.25) is 0 Å². The Morgan fingerprint density at radius 3 is 2.90 bits per heavy atom. The van der Waals surface area contributed by atoms with Crippen molar-refractivity contribution in [1.29, 1.82) is 0 Å². The second-order valence-corrected chi connectivity index (χ2v) is 4.59. The van der Waals surface area contributed by atoms with E-state index in [1.54, 1.807) is 14.0 Å². The Labute approximate surface area is 121 Å². The highest BCUT2D eigenvalue weighted by Gasteiger charge is 2.25. The van der Waals surface area contributed by atoms with Crippen LogP contribution < -0.4 is 11.1 Å². The van der Waals surface area contributed by atoms with E-state index in [1.807, 2.05) is 0 Å². The van der Waals surface area contributed by atoms with E-state index in [4.69, 9.17) is 10.5 Å². The number of carbonyl (C=O) groups is 2. The second-order valence-electron chi connectivity index (χ2n) is 4.59. The minimum absolute atomic E-state index is 0.0970. The van der Waals surface area contributed by atoms with Gasteiger partial charge in [0.15, 0.2) is 0 Å². The third kappa shape index (κ3) is 2.96. The molecule has 0 saturated heterocycles. The standard InChI is InChI=1S/C14H16FN3O3/c1-3-21-14(20)12(16)11-7-18(2)13(19)9-6-8(15)4-5-10(9)17-11/h4-6,17H,3,7,16H2,1-2H3/b12-11-. The smallest absolute Gasteiger partial charge is 0.356 e. The molecule has 1 aliphatic rings. The van der Waals surface area contributed by atoms with E-state index < -0.39 is 11.8 Å². The van der Waals surface area contributed by atoms with Gasteiger partial charge in [0.2, 0.25) is 0 Å². The molecule has 0 aliphatic carbocycles. The number of ether oxygens (including phenoxy) is 1. The van der Waals surface area contributed by atoms with Crippen molar-refractivity contribution in [1.82, 2.24) is 4.90 Å². The van der Waals surface area contributed by atoms with Gasteiger partial charge in [0.1, 0.15) is 11.5 Å². The molecule has 7 heteroatoms. The maximum Gasteiger partial charge on any atom is 0.356 e. The summed E-state index contributed by atoms with van der Waals surface area (Å²) in [4.78, 5) is 25.2. The summed E-state index contributed by atoms with van der Waals surface area (Å²) in [5.41, 5.74) is 6.59. The molecule has 1 heterocycles. The Kier molecular flexibility index (Phi) is 4.11. The Morgan fingerprint density at radius 2 is 2.24 bits per heavy atom. The third-order valence-corrected chi connectivity index (χ3v) is 3.06. The molecule has 3 N–H and O–H groups in total. The zero-order chi connectivity index (χ0) is 15.6. The predicted octanol–water partition coefficient (Wildman–Crippen LogP) is 1.06. The maximum atomic E-state index is 13.3. The van der Waals surface area contributed by atoms with Crippen molar-refractivity contribution in [3.63, 3.8) is 0 Å². The average molecular weight is 293 g/mol. The first-order valence-electron chi connectivity index (χ1n) is 6.41. The lowest BCUT2D eigenvalue weighted by atomic mass is 10.1. The van der Waals surface area contributed by atoms with Crippen LogP contribution in [0.15, 0.2) is 29.6 Å². The number of nitrogens with two attached hydrogens (primary N) is 1. The molecule has 0 bridgehead atoms. The number of likely N-dealkylation sites (N-methyl/N-ethyl adjacent to an activating group) is 1. The van der Waals surface area contributed by atoms with Gasteiger partial charge in [-0.25, -0.2) is 9.18 Å². The van der Waals surface area contributed by atoms with Crippen molar-refractivity contribution in [2.75, 3.05) is 25.5 Å². The molecule has 0 aromatic heterocycles. The quantitative estimate of drug-likeness (QED) is 0.629. The zero-order valence-electron chi connectivity index (χ0n) is 11.8. The van der Waals surface area contributed by atoms with Crippen LogP contribution in [0, 0.1) is 5.82 Å². The summed E-state index contributed by atoms with van der Waals surface area (Å²) in [5.74, 6) is -1.53. The molecule has 0 radical (unpaired) electrons. The summed E-state index contributed by atoms with van der Waals surface area (Å²) < 4.78 is 18.1. The fraction of sp³-hybridized carbons (Fsp3) is 0.286. The predicted molar refractivity (Wildman–Crippen MR) is 74.8 cm³/mol. The van der Waals surface area contributed by atoms with Crippen LogP contribution >= 0.6 is 0 Å². The van der Waals surface area contributed by atoms with Gasteiger partial charge in [0.25, 0.3) is 5.91 Å². The van der Waals surface area contributed by atoms with Crippen molar-refractivity contribution in [3.8, 4) is 0 Å². The highest BCUT2D eigenvalue weighted by molar-refractivity contribution is 6.01. The van der Waals surface area contributed by atoms with E-state index >= 15 is 0 Å². The van der Waals surface area contributed by atoms with Crippen LogP contribution in [-0.2, 0) is 9.53 Å². The van der Waals surface area contributed by atoms with Gasteiger partial charge in [0.05, 0.1) is 30.1 Å². The van der Waals surface area contributed by atoms with E-state index in [0.717, 1.165) is 6.07 Å². The number of hydrogen-bond acceptors (Lipinski definition) is 5. The number of benzene rings is 1. The largest absolute Gasteiger partial charge is 0.461 e. The van der Waals surface area contributed by atoms with Gasteiger partial charge in [-0.1, -0.05) is 0 Å². The van der Waals surface area contributed by atoms with Crippen molar-refractivity contribution < 1.29 is 18.7 Å². The average Bonchev–Trinajstić information content (AvgIpc) is 2.57. The van der Waals surface area contributed by atoms with E-state index in [1.165, 1.54) is 17.0 Å². The number of fused-ring (bicyclic) bond motifs is 1. The fourth-order valence-electron chi connectivity index (χ4n) is 2.00. The van der Waals surface area contributed by atoms with E-state index in [0.29, 0.717) is 11.4 Å². The van der Waals surface area contributed by atoms with Gasteiger partial charge >= 0.3 is 5.97 Å². The van der Waals surface area contributed by atoms with Gasteiger partial charge in [-0.05, 0) is 25.1 Å². The number of nitrogens with zero attached hydrogens (tertiary/aromatic N) is 1. The van der Waals surface area contributed by atoms with Gasteiger partial charge in [0, 0.05) is 7.05 Å². The number of carbonyl (C=O) groups excluding carboxylic acids is 2. The first kappa shape index (κ1) is 14.8. The van der Waals surface area contributed by atoms with Crippen molar-refractivity contribution in [2.45, 2.75) is 6.92 Å². The minimum atomic E-state index is -0.661. The highest BCUT2D eigenvalue weighted by Crippen LogP contribution is 2.24. The minimum Gasteiger partial charge on any atom is -0.461 e. The number of hydrogen-bond donors (Lipinski definition) is 2. The summed E-state index contributed by atoms with van der Waals surface area (Å²) in [7, 11) is 1.54. The first-order valence-corrected chi connectivity index (χ1v) is 6.41. The van der Waals surface area contributed by atoms with Gasteiger partial charge in [-0.15, -0.1) is 0 Å². The molecular formula is C14H16FN3O3. The summed E-state index contributed by atoms with van der Waals surface area (Å²) in [6.07, 6.45) is 0. The number of nitrogens with one attached hydrogen (secondary N) is 1. The molecule has 1 amide bonds. The lowest BCUT2D eigenvalue weighted by molar-refractivity contribution is -0.138. The van der Waals surface area contributed by atoms with Gasteiger partial charge < -0.3 is 20.7 Å². The molecule has 1 aromatic rings. The van der Waals surface area contributed by atoms with Crippen molar-refractivity contribution in [3.05, 3.63) is 41.0 Å².